The van der Waals surface area contributed by atoms with Gasteiger partial charge in [0.25, 0.3) is 0 Å². The highest BCUT2D eigenvalue weighted by atomic mass is 32.1. The Balaban J connectivity index is 1.31. The van der Waals surface area contributed by atoms with E-state index in [1.165, 1.54) is 86.5 Å². The second-order valence-corrected chi connectivity index (χ2v) is 14.0. The van der Waals surface area contributed by atoms with Gasteiger partial charge in [0, 0.05) is 25.9 Å². The molecule has 50 heavy (non-hydrogen) atoms. The van der Waals surface area contributed by atoms with Gasteiger partial charge in [-0.25, -0.2) is 0 Å². The van der Waals surface area contributed by atoms with Crippen molar-refractivity contribution in [3.8, 4) is 50.5 Å². The first-order chi connectivity index (χ1) is 24.8. The van der Waals surface area contributed by atoms with Crippen molar-refractivity contribution in [2.24, 2.45) is 0 Å². The zero-order valence-electron chi connectivity index (χ0n) is 27.3. The quantitative estimate of drug-likeness (QED) is 0.163. The molecule has 2 heteroatoms. The lowest BCUT2D eigenvalue weighted by molar-refractivity contribution is 1.10. The van der Waals surface area contributed by atoms with Gasteiger partial charge in [0.2, 0.25) is 0 Å². The summed E-state index contributed by atoms with van der Waals surface area (Å²) in [5.41, 5.74) is 10.8. The molecule has 0 aliphatic carbocycles. The third-order valence-corrected chi connectivity index (χ3v) is 11.2. The maximum Gasteiger partial charge on any atom is 0.0535 e. The van der Waals surface area contributed by atoms with Crippen LogP contribution in [-0.4, -0.2) is 4.57 Å². The van der Waals surface area contributed by atoms with Crippen LogP contribution in [0.2, 0.25) is 0 Å². The molecule has 0 unspecified atom stereocenters. The predicted octanol–water partition coefficient (Wildman–Crippen LogP) is 13.8. The predicted molar refractivity (Wildman–Crippen MR) is 215 cm³/mol. The average Bonchev–Trinajstić information content (AvgIpc) is 3.80. The van der Waals surface area contributed by atoms with Crippen molar-refractivity contribution >= 4 is 53.1 Å². The van der Waals surface area contributed by atoms with Gasteiger partial charge in [0.15, 0.2) is 0 Å². The second-order valence-electron chi connectivity index (χ2n) is 12.9. The number of hydrogen-bond acceptors (Lipinski definition) is 1. The number of hydrogen-bond donors (Lipinski definition) is 0. The molecule has 0 fully saturated rings. The lowest BCUT2D eigenvalue weighted by Gasteiger charge is -2.20. The third kappa shape index (κ3) is 4.61. The first kappa shape index (κ1) is 28.8. The van der Waals surface area contributed by atoms with Crippen LogP contribution in [0.3, 0.4) is 0 Å². The molecule has 2 aromatic heterocycles. The average molecular weight is 654 g/mol. The molecule has 2 heterocycles. The second kappa shape index (κ2) is 11.7. The summed E-state index contributed by atoms with van der Waals surface area (Å²) in [4.78, 5) is 0. The lowest BCUT2D eigenvalue weighted by atomic mass is 9.85. The van der Waals surface area contributed by atoms with Crippen molar-refractivity contribution in [2.45, 2.75) is 0 Å². The van der Waals surface area contributed by atoms with Gasteiger partial charge in [-0.2, -0.15) is 0 Å². The summed E-state index contributed by atoms with van der Waals surface area (Å²) < 4.78 is 5.08. The van der Waals surface area contributed by atoms with Gasteiger partial charge in [-0.05, 0) is 97.4 Å². The Kier molecular flexibility index (Phi) is 6.75. The standard InChI is InChI=1S/C48H31NS/c1-4-14-32(15-5-1)43-27-28-44(33-16-6-2-7-17-33)49(43)36-25-26-40-42(31-36)47(34-18-8-3-9-19-34)38-21-10-11-22-39(38)48(40)35-24-29-46-41(30-35)37-20-12-13-23-45(37)50-46/h1-31H. The van der Waals surface area contributed by atoms with E-state index in [0.717, 1.165) is 5.69 Å². The summed E-state index contributed by atoms with van der Waals surface area (Å²) in [6, 6.07) is 68.7. The lowest BCUT2D eigenvalue weighted by Crippen LogP contribution is -2.00. The maximum atomic E-state index is 2.43. The minimum Gasteiger partial charge on any atom is -0.309 e. The van der Waals surface area contributed by atoms with Gasteiger partial charge in [-0.15, -0.1) is 11.3 Å². The van der Waals surface area contributed by atoms with Gasteiger partial charge < -0.3 is 4.57 Å². The molecule has 0 saturated heterocycles. The summed E-state index contributed by atoms with van der Waals surface area (Å²) in [5, 5.41) is 7.65. The van der Waals surface area contributed by atoms with Crippen molar-refractivity contribution in [2.75, 3.05) is 0 Å². The fraction of sp³-hybridized carbons (Fsp3) is 0. The van der Waals surface area contributed by atoms with Crippen LogP contribution in [0.1, 0.15) is 0 Å². The van der Waals surface area contributed by atoms with Crippen molar-refractivity contribution in [1.29, 1.82) is 0 Å². The van der Waals surface area contributed by atoms with Gasteiger partial charge in [0.1, 0.15) is 0 Å². The number of rotatable bonds is 5. The van der Waals surface area contributed by atoms with Crippen LogP contribution in [0.5, 0.6) is 0 Å². The van der Waals surface area contributed by atoms with E-state index in [0.29, 0.717) is 0 Å². The van der Waals surface area contributed by atoms with E-state index in [-0.39, 0.29) is 0 Å². The number of fused-ring (bicyclic) bond motifs is 5. The molecule has 234 valence electrons. The van der Waals surface area contributed by atoms with Gasteiger partial charge >= 0.3 is 0 Å². The van der Waals surface area contributed by atoms with E-state index in [4.69, 9.17) is 0 Å². The van der Waals surface area contributed by atoms with E-state index in [2.05, 4.69) is 193 Å². The maximum absolute atomic E-state index is 2.43. The zero-order chi connectivity index (χ0) is 33.0. The number of benzene rings is 8. The van der Waals surface area contributed by atoms with Crippen molar-refractivity contribution in [1.82, 2.24) is 4.57 Å². The molecule has 0 N–H and O–H groups in total. The fourth-order valence-corrected chi connectivity index (χ4v) is 8.88. The van der Waals surface area contributed by atoms with Gasteiger partial charge in [-0.1, -0.05) is 146 Å². The molecule has 0 bridgehead atoms. The Bertz CT molecular complexity index is 2790. The topological polar surface area (TPSA) is 4.93 Å². The monoisotopic (exact) mass is 653 g/mol. The summed E-state index contributed by atoms with van der Waals surface area (Å²) in [7, 11) is 0. The van der Waals surface area contributed by atoms with E-state index >= 15 is 0 Å². The number of nitrogens with zero attached hydrogens (tertiary/aromatic N) is 1. The molecule has 10 rings (SSSR count). The Hall–Kier alpha value is -6.22. The van der Waals surface area contributed by atoms with Crippen molar-refractivity contribution < 1.29 is 0 Å². The van der Waals surface area contributed by atoms with E-state index < -0.39 is 0 Å². The first-order valence-electron chi connectivity index (χ1n) is 17.1. The molecular weight excluding hydrogens is 623 g/mol. The molecule has 8 aromatic carbocycles. The summed E-state index contributed by atoms with van der Waals surface area (Å²) >= 11 is 1.87. The molecule has 1 nitrogen and oxygen atoms in total. The van der Waals surface area contributed by atoms with E-state index in [1.54, 1.807) is 0 Å². The molecular formula is C48H31NS. The van der Waals surface area contributed by atoms with Crippen LogP contribution in [0.4, 0.5) is 0 Å². The van der Waals surface area contributed by atoms with Crippen LogP contribution in [0.25, 0.3) is 92.2 Å². The smallest absolute Gasteiger partial charge is 0.0535 e. The van der Waals surface area contributed by atoms with E-state index in [1.807, 2.05) is 11.3 Å². The highest BCUT2D eigenvalue weighted by Crippen LogP contribution is 2.46. The van der Waals surface area contributed by atoms with Gasteiger partial charge in [-0.3, -0.25) is 0 Å². The van der Waals surface area contributed by atoms with Crippen LogP contribution in [0, 0.1) is 0 Å². The Labute approximate surface area is 295 Å². The molecule has 0 spiro atoms. The minimum absolute atomic E-state index is 1.14. The Morgan fingerprint density at radius 2 is 0.800 bits per heavy atom. The largest absolute Gasteiger partial charge is 0.309 e. The van der Waals surface area contributed by atoms with Crippen LogP contribution < -0.4 is 0 Å². The van der Waals surface area contributed by atoms with Crippen molar-refractivity contribution in [3.05, 3.63) is 188 Å². The Morgan fingerprint density at radius 1 is 0.300 bits per heavy atom. The fourth-order valence-electron chi connectivity index (χ4n) is 7.80. The molecule has 10 aromatic rings. The molecule has 0 saturated carbocycles. The third-order valence-electron chi connectivity index (χ3n) is 10.0. The van der Waals surface area contributed by atoms with Gasteiger partial charge in [0.05, 0.1) is 11.4 Å². The summed E-state index contributed by atoms with van der Waals surface area (Å²) in [6.45, 7) is 0. The first-order valence-corrected chi connectivity index (χ1v) is 17.9. The SMILES string of the molecule is c1ccc(-c2c3ccccc3c(-c3ccc4sc5ccccc5c4c3)c3ccc(-n4c(-c5ccccc5)ccc4-c4ccccc4)cc23)cc1. The Morgan fingerprint density at radius 3 is 1.44 bits per heavy atom. The minimum atomic E-state index is 1.14. The number of aromatic nitrogens is 1. The summed E-state index contributed by atoms with van der Waals surface area (Å²) in [6.07, 6.45) is 0. The van der Waals surface area contributed by atoms with Crippen LogP contribution >= 0.6 is 11.3 Å². The zero-order valence-corrected chi connectivity index (χ0v) is 28.1. The normalized spacial score (nSPS) is 11.6. The van der Waals surface area contributed by atoms with E-state index in [9.17, 15) is 0 Å². The number of thiophene rings is 1. The molecule has 0 aliphatic rings. The highest BCUT2D eigenvalue weighted by molar-refractivity contribution is 7.25. The van der Waals surface area contributed by atoms with Crippen molar-refractivity contribution in [3.63, 3.8) is 0 Å². The molecule has 0 aliphatic heterocycles. The summed E-state index contributed by atoms with van der Waals surface area (Å²) in [5.74, 6) is 0. The highest BCUT2D eigenvalue weighted by Gasteiger charge is 2.20. The van der Waals surface area contributed by atoms with Crippen LogP contribution in [0.15, 0.2) is 188 Å². The van der Waals surface area contributed by atoms with Crippen LogP contribution in [-0.2, 0) is 0 Å². The molecule has 0 amide bonds. The molecule has 0 atom stereocenters. The molecule has 0 radical (unpaired) electrons.